The van der Waals surface area contributed by atoms with E-state index in [2.05, 4.69) is 4.98 Å². The van der Waals surface area contributed by atoms with Gasteiger partial charge in [-0.2, -0.15) is 0 Å². The second-order valence-electron chi connectivity index (χ2n) is 8.32. The van der Waals surface area contributed by atoms with Gasteiger partial charge in [0.05, 0.1) is 0 Å². The lowest BCUT2D eigenvalue weighted by atomic mass is 9.76. The second kappa shape index (κ2) is 6.77. The summed E-state index contributed by atoms with van der Waals surface area (Å²) in [5.74, 6) is 0.0627. The van der Waals surface area contributed by atoms with Crippen LogP contribution in [-0.4, -0.2) is 39.4 Å². The third kappa shape index (κ3) is 4.02. The highest BCUT2D eigenvalue weighted by atomic mass is 16.6. The fourth-order valence-corrected chi connectivity index (χ4v) is 4.10. The first-order chi connectivity index (χ1) is 11.7. The molecule has 2 unspecified atom stereocenters. The predicted molar refractivity (Wildman–Crippen MR) is 95.5 cm³/mol. The fraction of sp³-hybridized carbons (Fsp3) is 0.650. The van der Waals surface area contributed by atoms with Crippen molar-refractivity contribution in [2.45, 2.75) is 77.5 Å². The lowest BCUT2D eigenvalue weighted by molar-refractivity contribution is -0.0261. The molecule has 2 bridgehead atoms. The predicted octanol–water partition coefficient (Wildman–Crippen LogP) is 4.14. The van der Waals surface area contributed by atoms with Gasteiger partial charge in [-0.15, -0.1) is 0 Å². The van der Waals surface area contributed by atoms with Crippen LogP contribution in [0, 0.1) is 12.8 Å². The second-order valence-corrected chi connectivity index (χ2v) is 8.32. The Morgan fingerprint density at radius 1 is 1.16 bits per heavy atom. The normalized spacial score (nSPS) is 26.2. The average Bonchev–Trinajstić information content (AvgIpc) is 2.51. The number of carbonyl (C=O) groups excluding carboxylic acids is 2. The molecule has 5 heteroatoms. The Hall–Kier alpha value is -1.91. The minimum Gasteiger partial charge on any atom is -0.444 e. The van der Waals surface area contributed by atoms with Crippen molar-refractivity contribution in [1.82, 2.24) is 9.88 Å². The van der Waals surface area contributed by atoms with Gasteiger partial charge in [0.1, 0.15) is 11.3 Å². The van der Waals surface area contributed by atoms with Gasteiger partial charge in [0.2, 0.25) is 0 Å². The minimum absolute atomic E-state index is 0.0525. The Balaban J connectivity index is 1.75. The van der Waals surface area contributed by atoms with Crippen molar-refractivity contribution in [3.8, 4) is 0 Å². The van der Waals surface area contributed by atoms with E-state index in [4.69, 9.17) is 4.74 Å². The largest absolute Gasteiger partial charge is 0.444 e. The molecule has 2 aliphatic heterocycles. The molecule has 25 heavy (non-hydrogen) atoms. The number of aryl methyl sites for hydroxylation is 1. The first kappa shape index (κ1) is 17.9. The quantitative estimate of drug-likeness (QED) is 0.757. The van der Waals surface area contributed by atoms with Gasteiger partial charge in [0.25, 0.3) is 0 Å². The van der Waals surface area contributed by atoms with Crippen molar-refractivity contribution in [2.75, 3.05) is 0 Å². The first-order valence-corrected chi connectivity index (χ1v) is 9.24. The number of hydrogen-bond acceptors (Lipinski definition) is 4. The molecule has 0 aromatic carbocycles. The van der Waals surface area contributed by atoms with E-state index in [-0.39, 0.29) is 29.9 Å². The van der Waals surface area contributed by atoms with Gasteiger partial charge in [-0.05, 0) is 71.9 Å². The topological polar surface area (TPSA) is 59.5 Å². The molecule has 2 fully saturated rings. The van der Waals surface area contributed by atoms with E-state index < -0.39 is 5.60 Å². The van der Waals surface area contributed by atoms with Gasteiger partial charge >= 0.3 is 6.09 Å². The highest BCUT2D eigenvalue weighted by Gasteiger charge is 2.44. The summed E-state index contributed by atoms with van der Waals surface area (Å²) in [7, 11) is 0. The standard InChI is InChI=1S/C20H28N2O3/c1-13-7-5-10-17(21-13)18(23)14-11-15-8-6-9-16(12-14)22(15)19(24)25-20(2,3)4/h5,7,10,14-16H,6,8-9,11-12H2,1-4H3. The first-order valence-electron chi connectivity index (χ1n) is 9.24. The molecule has 0 N–H and O–H groups in total. The molecule has 0 radical (unpaired) electrons. The molecule has 136 valence electrons. The number of fused-ring (bicyclic) bond motifs is 2. The van der Waals surface area contributed by atoms with Crippen LogP contribution in [0.25, 0.3) is 0 Å². The van der Waals surface area contributed by atoms with Crippen LogP contribution in [0.15, 0.2) is 18.2 Å². The van der Waals surface area contributed by atoms with Crippen LogP contribution < -0.4 is 0 Å². The van der Waals surface area contributed by atoms with Crippen molar-refractivity contribution in [1.29, 1.82) is 0 Å². The molecule has 2 saturated heterocycles. The van der Waals surface area contributed by atoms with E-state index in [9.17, 15) is 9.59 Å². The van der Waals surface area contributed by atoms with E-state index in [0.29, 0.717) is 18.5 Å². The maximum atomic E-state index is 12.9. The molecular weight excluding hydrogens is 316 g/mol. The van der Waals surface area contributed by atoms with E-state index in [1.807, 2.05) is 44.7 Å². The SMILES string of the molecule is Cc1cccc(C(=O)C2CC3CCCC(C2)N3C(=O)OC(C)(C)C)n1. The fourth-order valence-electron chi connectivity index (χ4n) is 4.10. The Labute approximate surface area is 149 Å². The summed E-state index contributed by atoms with van der Waals surface area (Å²) < 4.78 is 5.60. The van der Waals surface area contributed by atoms with Gasteiger partial charge in [0.15, 0.2) is 5.78 Å². The lowest BCUT2D eigenvalue weighted by Crippen LogP contribution is -2.56. The maximum absolute atomic E-state index is 12.9. The molecule has 1 aromatic rings. The van der Waals surface area contributed by atoms with Gasteiger partial charge in [-0.25, -0.2) is 4.79 Å². The van der Waals surface area contributed by atoms with Crippen LogP contribution in [0.3, 0.4) is 0 Å². The zero-order chi connectivity index (χ0) is 18.2. The molecule has 1 aromatic heterocycles. The molecule has 2 atom stereocenters. The molecule has 3 heterocycles. The molecule has 2 aliphatic rings. The average molecular weight is 344 g/mol. The third-order valence-corrected chi connectivity index (χ3v) is 5.09. The molecule has 5 nitrogen and oxygen atoms in total. The van der Waals surface area contributed by atoms with Crippen LogP contribution in [0.5, 0.6) is 0 Å². The van der Waals surface area contributed by atoms with Crippen LogP contribution in [-0.2, 0) is 4.74 Å². The number of nitrogens with zero attached hydrogens (tertiary/aromatic N) is 2. The number of ether oxygens (including phenoxy) is 1. The summed E-state index contributed by atoms with van der Waals surface area (Å²) in [6.07, 6.45) is 4.19. The Morgan fingerprint density at radius 3 is 2.36 bits per heavy atom. The van der Waals surface area contributed by atoms with E-state index >= 15 is 0 Å². The Bertz CT molecular complexity index is 651. The number of hydrogen-bond donors (Lipinski definition) is 0. The molecule has 0 spiro atoms. The zero-order valence-corrected chi connectivity index (χ0v) is 15.6. The maximum Gasteiger partial charge on any atom is 0.410 e. The monoisotopic (exact) mass is 344 g/mol. The number of pyridine rings is 1. The summed E-state index contributed by atoms with van der Waals surface area (Å²) >= 11 is 0. The number of amides is 1. The van der Waals surface area contributed by atoms with Gasteiger partial charge < -0.3 is 9.64 Å². The van der Waals surface area contributed by atoms with Crippen molar-refractivity contribution in [3.05, 3.63) is 29.6 Å². The van der Waals surface area contributed by atoms with E-state index in [0.717, 1.165) is 25.0 Å². The molecule has 0 aliphatic carbocycles. The Morgan fingerprint density at radius 2 is 1.80 bits per heavy atom. The number of piperidine rings is 2. The van der Waals surface area contributed by atoms with Crippen molar-refractivity contribution < 1.29 is 14.3 Å². The highest BCUT2D eigenvalue weighted by Crippen LogP contribution is 2.39. The minimum atomic E-state index is -0.496. The zero-order valence-electron chi connectivity index (χ0n) is 15.6. The summed E-state index contributed by atoms with van der Waals surface area (Å²) in [5.41, 5.74) is 0.912. The molecule has 1 amide bonds. The summed E-state index contributed by atoms with van der Waals surface area (Å²) in [6, 6.07) is 5.77. The van der Waals surface area contributed by atoms with Gasteiger partial charge in [0, 0.05) is 23.7 Å². The van der Waals surface area contributed by atoms with Gasteiger partial charge in [-0.1, -0.05) is 6.07 Å². The van der Waals surface area contributed by atoms with Crippen LogP contribution in [0.1, 0.15) is 69.1 Å². The molecule has 3 rings (SSSR count). The number of rotatable bonds is 2. The van der Waals surface area contributed by atoms with Gasteiger partial charge in [-0.3, -0.25) is 9.78 Å². The summed E-state index contributed by atoms with van der Waals surface area (Å²) in [4.78, 5) is 31.8. The summed E-state index contributed by atoms with van der Waals surface area (Å²) in [5, 5.41) is 0. The summed E-state index contributed by atoms with van der Waals surface area (Å²) in [6.45, 7) is 7.57. The number of ketones is 1. The van der Waals surface area contributed by atoms with Crippen molar-refractivity contribution in [3.63, 3.8) is 0 Å². The number of Topliss-reactive ketones (excluding diaryl/α,β-unsaturated/α-hetero) is 1. The van der Waals surface area contributed by atoms with Crippen molar-refractivity contribution in [2.24, 2.45) is 5.92 Å². The molecule has 0 saturated carbocycles. The van der Waals surface area contributed by atoms with E-state index in [1.54, 1.807) is 6.07 Å². The Kier molecular flexibility index (Phi) is 4.85. The number of aromatic nitrogens is 1. The highest BCUT2D eigenvalue weighted by molar-refractivity contribution is 5.96. The van der Waals surface area contributed by atoms with Crippen molar-refractivity contribution >= 4 is 11.9 Å². The lowest BCUT2D eigenvalue weighted by Gasteiger charge is -2.48. The molecular formula is C20H28N2O3. The van der Waals surface area contributed by atoms with Crippen LogP contribution in [0.4, 0.5) is 4.79 Å². The van der Waals surface area contributed by atoms with Crippen LogP contribution >= 0.6 is 0 Å². The number of carbonyl (C=O) groups is 2. The van der Waals surface area contributed by atoms with E-state index in [1.165, 1.54) is 0 Å². The van der Waals surface area contributed by atoms with Crippen LogP contribution in [0.2, 0.25) is 0 Å². The smallest absolute Gasteiger partial charge is 0.410 e. The third-order valence-electron chi connectivity index (χ3n) is 5.09.